The number of imidazole rings is 1. The molecular formula is C10H17N3O2S. The van der Waals surface area contributed by atoms with Gasteiger partial charge in [-0.05, 0) is 12.8 Å². The molecule has 0 unspecified atom stereocenters. The standard InChI is InChI=1S/C10H17N3O2S/c14-16(15,9-3-1-2-4-9)13-6-5-10-11-7-8-12-10/h7-9,13H,1-6H2,(H,11,12). The summed E-state index contributed by atoms with van der Waals surface area (Å²) in [5, 5.41) is -0.177. The van der Waals surface area contributed by atoms with E-state index < -0.39 is 10.0 Å². The van der Waals surface area contributed by atoms with Crippen LogP contribution in [0.2, 0.25) is 0 Å². The lowest BCUT2D eigenvalue weighted by Gasteiger charge is -2.11. The van der Waals surface area contributed by atoms with Gasteiger partial charge in [-0.25, -0.2) is 18.1 Å². The Kier molecular flexibility index (Phi) is 3.60. The lowest BCUT2D eigenvalue weighted by molar-refractivity contribution is 0.564. The molecule has 1 aromatic heterocycles. The van der Waals surface area contributed by atoms with Crippen molar-refractivity contribution in [3.8, 4) is 0 Å². The Labute approximate surface area is 95.7 Å². The van der Waals surface area contributed by atoms with Crippen molar-refractivity contribution in [2.45, 2.75) is 37.4 Å². The van der Waals surface area contributed by atoms with Gasteiger partial charge >= 0.3 is 0 Å². The van der Waals surface area contributed by atoms with E-state index in [1.54, 1.807) is 12.4 Å². The van der Waals surface area contributed by atoms with Crippen molar-refractivity contribution in [1.82, 2.24) is 14.7 Å². The highest BCUT2D eigenvalue weighted by Crippen LogP contribution is 2.23. The van der Waals surface area contributed by atoms with Gasteiger partial charge < -0.3 is 4.98 Å². The highest BCUT2D eigenvalue weighted by Gasteiger charge is 2.27. The van der Waals surface area contributed by atoms with E-state index in [1.807, 2.05) is 0 Å². The molecule has 2 rings (SSSR count). The summed E-state index contributed by atoms with van der Waals surface area (Å²) in [5.74, 6) is 0.814. The topological polar surface area (TPSA) is 74.8 Å². The summed E-state index contributed by atoms with van der Waals surface area (Å²) in [5.41, 5.74) is 0. The fourth-order valence-electron chi connectivity index (χ4n) is 2.06. The summed E-state index contributed by atoms with van der Waals surface area (Å²) in [7, 11) is -3.10. The third kappa shape index (κ3) is 2.82. The second kappa shape index (κ2) is 4.97. The number of rotatable bonds is 5. The third-order valence-corrected chi connectivity index (χ3v) is 4.92. The van der Waals surface area contributed by atoms with Crippen molar-refractivity contribution in [3.63, 3.8) is 0 Å². The van der Waals surface area contributed by atoms with Gasteiger partial charge in [-0.1, -0.05) is 12.8 Å². The minimum absolute atomic E-state index is 0.177. The lowest BCUT2D eigenvalue weighted by Crippen LogP contribution is -2.34. The van der Waals surface area contributed by atoms with Gasteiger partial charge in [0, 0.05) is 25.4 Å². The summed E-state index contributed by atoms with van der Waals surface area (Å²) in [4.78, 5) is 6.99. The summed E-state index contributed by atoms with van der Waals surface area (Å²) in [6, 6.07) is 0. The molecule has 0 saturated heterocycles. The first-order valence-corrected chi connectivity index (χ1v) is 7.20. The Morgan fingerprint density at radius 3 is 2.81 bits per heavy atom. The van der Waals surface area contributed by atoms with Crippen molar-refractivity contribution >= 4 is 10.0 Å². The average molecular weight is 243 g/mol. The maximum Gasteiger partial charge on any atom is 0.214 e. The lowest BCUT2D eigenvalue weighted by atomic mass is 10.4. The Morgan fingerprint density at radius 1 is 1.44 bits per heavy atom. The molecule has 1 aliphatic carbocycles. The predicted octanol–water partition coefficient (Wildman–Crippen LogP) is 0.814. The smallest absolute Gasteiger partial charge is 0.214 e. The van der Waals surface area contributed by atoms with Gasteiger partial charge in [0.2, 0.25) is 10.0 Å². The summed E-state index contributed by atoms with van der Waals surface area (Å²) < 4.78 is 26.3. The number of hydrogen-bond donors (Lipinski definition) is 2. The molecule has 5 nitrogen and oxygen atoms in total. The zero-order valence-corrected chi connectivity index (χ0v) is 9.96. The van der Waals surface area contributed by atoms with Crippen LogP contribution < -0.4 is 4.72 Å². The van der Waals surface area contributed by atoms with Crippen LogP contribution in [-0.2, 0) is 16.4 Å². The number of aromatic amines is 1. The minimum atomic E-state index is -3.10. The van der Waals surface area contributed by atoms with Gasteiger partial charge in [-0.2, -0.15) is 0 Å². The quantitative estimate of drug-likeness (QED) is 0.803. The number of hydrogen-bond acceptors (Lipinski definition) is 3. The van der Waals surface area contributed by atoms with Gasteiger partial charge in [0.05, 0.1) is 5.25 Å². The molecule has 2 N–H and O–H groups in total. The summed E-state index contributed by atoms with van der Waals surface area (Å²) in [6.07, 6.45) is 7.68. The SMILES string of the molecule is O=S(=O)(NCCc1ncc[nH]1)C1CCCC1. The first-order chi connectivity index (χ1) is 7.68. The van der Waals surface area contributed by atoms with E-state index in [2.05, 4.69) is 14.7 Å². The molecule has 1 fully saturated rings. The molecule has 0 amide bonds. The fourth-order valence-corrected chi connectivity index (χ4v) is 3.64. The molecule has 1 saturated carbocycles. The first-order valence-electron chi connectivity index (χ1n) is 5.65. The van der Waals surface area contributed by atoms with Crippen LogP contribution in [0.4, 0.5) is 0 Å². The van der Waals surface area contributed by atoms with Crippen LogP contribution >= 0.6 is 0 Å². The number of aromatic nitrogens is 2. The van der Waals surface area contributed by atoms with E-state index in [0.717, 1.165) is 31.5 Å². The number of nitrogens with zero attached hydrogens (tertiary/aromatic N) is 1. The predicted molar refractivity (Wildman–Crippen MR) is 61.5 cm³/mol. The van der Waals surface area contributed by atoms with Crippen molar-refractivity contribution in [2.24, 2.45) is 0 Å². The molecule has 0 bridgehead atoms. The molecule has 0 atom stereocenters. The van der Waals surface area contributed by atoms with Crippen molar-refractivity contribution in [2.75, 3.05) is 6.54 Å². The molecule has 1 heterocycles. The van der Waals surface area contributed by atoms with Gasteiger partial charge in [0.15, 0.2) is 0 Å². The molecule has 0 aromatic carbocycles. The average Bonchev–Trinajstić information content (AvgIpc) is 2.90. The molecule has 0 spiro atoms. The van der Waals surface area contributed by atoms with Crippen molar-refractivity contribution in [3.05, 3.63) is 18.2 Å². The van der Waals surface area contributed by atoms with Crippen LogP contribution in [0.25, 0.3) is 0 Å². The number of nitrogens with one attached hydrogen (secondary N) is 2. The summed E-state index contributed by atoms with van der Waals surface area (Å²) in [6.45, 7) is 0.423. The maximum atomic E-state index is 11.8. The van der Waals surface area contributed by atoms with Crippen molar-refractivity contribution < 1.29 is 8.42 Å². The highest BCUT2D eigenvalue weighted by atomic mass is 32.2. The Hall–Kier alpha value is -0.880. The molecule has 16 heavy (non-hydrogen) atoms. The highest BCUT2D eigenvalue weighted by molar-refractivity contribution is 7.90. The van der Waals surface area contributed by atoms with E-state index in [1.165, 1.54) is 0 Å². The van der Waals surface area contributed by atoms with Crippen LogP contribution in [0.15, 0.2) is 12.4 Å². The van der Waals surface area contributed by atoms with E-state index in [-0.39, 0.29) is 5.25 Å². The molecule has 1 aromatic rings. The van der Waals surface area contributed by atoms with Crippen LogP contribution in [0, 0.1) is 0 Å². The minimum Gasteiger partial charge on any atom is -0.349 e. The second-order valence-electron chi connectivity index (χ2n) is 4.13. The van der Waals surface area contributed by atoms with E-state index in [9.17, 15) is 8.42 Å². The summed E-state index contributed by atoms with van der Waals surface area (Å²) >= 11 is 0. The molecule has 0 aliphatic heterocycles. The molecule has 1 aliphatic rings. The zero-order valence-electron chi connectivity index (χ0n) is 9.15. The van der Waals surface area contributed by atoms with Crippen LogP contribution in [-0.4, -0.2) is 30.2 Å². The fraction of sp³-hybridized carbons (Fsp3) is 0.700. The molecular weight excluding hydrogens is 226 g/mol. The van der Waals surface area contributed by atoms with Gasteiger partial charge in [0.1, 0.15) is 5.82 Å². The Balaban J connectivity index is 1.80. The molecule has 6 heteroatoms. The van der Waals surface area contributed by atoms with Gasteiger partial charge in [0.25, 0.3) is 0 Å². The molecule has 90 valence electrons. The Bertz CT molecular complexity index is 407. The first kappa shape index (κ1) is 11.6. The normalized spacial score (nSPS) is 18.0. The number of H-pyrrole nitrogens is 1. The second-order valence-corrected chi connectivity index (χ2v) is 6.18. The molecule has 0 radical (unpaired) electrons. The number of sulfonamides is 1. The maximum absolute atomic E-state index is 11.8. The van der Waals surface area contributed by atoms with E-state index >= 15 is 0 Å². The van der Waals surface area contributed by atoms with Crippen molar-refractivity contribution in [1.29, 1.82) is 0 Å². The monoisotopic (exact) mass is 243 g/mol. The van der Waals surface area contributed by atoms with Gasteiger partial charge in [-0.3, -0.25) is 0 Å². The van der Waals surface area contributed by atoms with Crippen LogP contribution in [0.1, 0.15) is 31.5 Å². The Morgan fingerprint density at radius 2 is 2.19 bits per heavy atom. The van der Waals surface area contributed by atoms with Crippen LogP contribution in [0.5, 0.6) is 0 Å². The van der Waals surface area contributed by atoms with E-state index in [4.69, 9.17) is 0 Å². The van der Waals surface area contributed by atoms with Crippen LogP contribution in [0.3, 0.4) is 0 Å². The van der Waals surface area contributed by atoms with Gasteiger partial charge in [-0.15, -0.1) is 0 Å². The van der Waals surface area contributed by atoms with E-state index in [0.29, 0.717) is 13.0 Å². The largest absolute Gasteiger partial charge is 0.349 e. The third-order valence-electron chi connectivity index (χ3n) is 2.96. The zero-order chi connectivity index (χ0) is 11.4.